The molecule has 1 N–H and O–H groups in total. The summed E-state index contributed by atoms with van der Waals surface area (Å²) in [6.45, 7) is 7.15. The van der Waals surface area contributed by atoms with Crippen molar-refractivity contribution in [2.75, 3.05) is 32.1 Å². The molecular weight excluding hydrogens is 484 g/mol. The maximum atomic E-state index is 13.9. The summed E-state index contributed by atoms with van der Waals surface area (Å²) >= 11 is 0. The number of rotatable bonds is 11. The minimum Gasteiger partial charge on any atom is -0.378 e. The number of benzene rings is 3. The lowest BCUT2D eigenvalue weighted by Gasteiger charge is -2.31. The van der Waals surface area contributed by atoms with Crippen molar-refractivity contribution < 1.29 is 9.59 Å². The predicted molar refractivity (Wildman–Crippen MR) is 160 cm³/mol. The van der Waals surface area contributed by atoms with Crippen LogP contribution < -0.4 is 4.90 Å². The van der Waals surface area contributed by atoms with E-state index in [-0.39, 0.29) is 24.4 Å². The molecule has 39 heavy (non-hydrogen) atoms. The molecule has 1 aromatic heterocycles. The smallest absolute Gasteiger partial charge is 0.254 e. The number of para-hydroxylation sites is 1. The van der Waals surface area contributed by atoms with Crippen molar-refractivity contribution in [2.45, 2.75) is 46.2 Å². The molecule has 1 heterocycles. The van der Waals surface area contributed by atoms with E-state index in [0.29, 0.717) is 18.7 Å². The van der Waals surface area contributed by atoms with E-state index >= 15 is 0 Å². The molecule has 0 saturated carbocycles. The van der Waals surface area contributed by atoms with Crippen molar-refractivity contribution in [3.63, 3.8) is 0 Å². The van der Waals surface area contributed by atoms with Gasteiger partial charge in [-0.1, -0.05) is 55.0 Å². The van der Waals surface area contributed by atoms with Gasteiger partial charge in [-0.05, 0) is 68.1 Å². The van der Waals surface area contributed by atoms with Crippen LogP contribution in [-0.2, 0) is 17.8 Å². The van der Waals surface area contributed by atoms with Gasteiger partial charge in [0.05, 0.1) is 0 Å². The van der Waals surface area contributed by atoms with Crippen LogP contribution >= 0.6 is 0 Å². The van der Waals surface area contributed by atoms with Crippen LogP contribution in [0.2, 0.25) is 0 Å². The summed E-state index contributed by atoms with van der Waals surface area (Å²) in [5.74, 6) is -0.156. The largest absolute Gasteiger partial charge is 0.378 e. The van der Waals surface area contributed by atoms with Crippen molar-refractivity contribution in [1.29, 1.82) is 0 Å². The fraction of sp³-hybridized carbons (Fsp3) is 0.333. The number of anilines is 1. The number of aromatic amines is 1. The number of nitrogens with one attached hydrogen (secondary N) is 1. The number of nitrogens with zero attached hydrogens (tertiary/aromatic N) is 3. The number of hydrogen-bond acceptors (Lipinski definition) is 3. The van der Waals surface area contributed by atoms with Gasteiger partial charge in [0.2, 0.25) is 5.91 Å². The number of aromatic nitrogens is 1. The van der Waals surface area contributed by atoms with Crippen LogP contribution in [-0.4, -0.2) is 59.8 Å². The Morgan fingerprint density at radius 1 is 0.923 bits per heavy atom. The van der Waals surface area contributed by atoms with Gasteiger partial charge in [0.1, 0.15) is 6.54 Å². The first-order valence-electron chi connectivity index (χ1n) is 13.7. The van der Waals surface area contributed by atoms with E-state index in [1.807, 2.05) is 82.4 Å². The maximum absolute atomic E-state index is 13.9. The van der Waals surface area contributed by atoms with Crippen molar-refractivity contribution in [3.05, 3.63) is 101 Å². The third-order valence-corrected chi connectivity index (χ3v) is 7.49. The van der Waals surface area contributed by atoms with Gasteiger partial charge in [0.25, 0.3) is 5.91 Å². The Kier molecular flexibility index (Phi) is 9.07. The highest BCUT2D eigenvalue weighted by atomic mass is 16.2. The normalized spacial score (nSPS) is 11.8. The topological polar surface area (TPSA) is 59.7 Å². The first-order chi connectivity index (χ1) is 18.8. The van der Waals surface area contributed by atoms with Crippen LogP contribution in [0.3, 0.4) is 0 Å². The summed E-state index contributed by atoms with van der Waals surface area (Å²) in [4.78, 5) is 36.4. The first kappa shape index (κ1) is 28.0. The highest BCUT2D eigenvalue weighted by molar-refractivity contribution is 5.96. The SMILES string of the molecule is CCC(C)N(CC(=O)N(CCc1c[nH]c2ccccc12)Cc1ccc(N(C)C)cc1)C(=O)c1ccc(C)cc1. The van der Waals surface area contributed by atoms with E-state index in [9.17, 15) is 9.59 Å². The second-order valence-electron chi connectivity index (χ2n) is 10.5. The molecule has 0 bridgehead atoms. The van der Waals surface area contributed by atoms with Crippen LogP contribution in [0.15, 0.2) is 79.0 Å². The highest BCUT2D eigenvalue weighted by Gasteiger charge is 2.26. The Balaban J connectivity index is 1.57. The number of hydrogen-bond donors (Lipinski definition) is 1. The lowest BCUT2D eigenvalue weighted by atomic mass is 10.1. The molecule has 4 rings (SSSR count). The molecule has 204 valence electrons. The lowest BCUT2D eigenvalue weighted by Crippen LogP contribution is -2.46. The Bertz CT molecular complexity index is 1390. The zero-order valence-electron chi connectivity index (χ0n) is 23.8. The molecule has 0 aliphatic heterocycles. The summed E-state index contributed by atoms with van der Waals surface area (Å²) in [6, 6.07) is 24.0. The van der Waals surface area contributed by atoms with E-state index in [4.69, 9.17) is 0 Å². The van der Waals surface area contributed by atoms with E-state index in [1.54, 1.807) is 4.90 Å². The molecule has 6 heteroatoms. The van der Waals surface area contributed by atoms with Crippen molar-refractivity contribution in [3.8, 4) is 0 Å². The van der Waals surface area contributed by atoms with Gasteiger partial charge in [-0.2, -0.15) is 0 Å². The molecule has 1 unspecified atom stereocenters. The second kappa shape index (κ2) is 12.7. The molecule has 0 fully saturated rings. The average molecular weight is 525 g/mol. The zero-order valence-corrected chi connectivity index (χ0v) is 23.8. The molecule has 3 aromatic carbocycles. The Labute approximate surface area is 232 Å². The highest BCUT2D eigenvalue weighted by Crippen LogP contribution is 2.20. The van der Waals surface area contributed by atoms with Crippen molar-refractivity contribution in [1.82, 2.24) is 14.8 Å². The zero-order chi connectivity index (χ0) is 27.9. The van der Waals surface area contributed by atoms with Gasteiger partial charge in [-0.3, -0.25) is 9.59 Å². The summed E-state index contributed by atoms with van der Waals surface area (Å²) < 4.78 is 0. The van der Waals surface area contributed by atoms with Crippen LogP contribution in [0.25, 0.3) is 10.9 Å². The molecule has 2 amide bonds. The number of carbonyl (C=O) groups is 2. The second-order valence-corrected chi connectivity index (χ2v) is 10.5. The van der Waals surface area contributed by atoms with Gasteiger partial charge in [-0.15, -0.1) is 0 Å². The first-order valence-corrected chi connectivity index (χ1v) is 13.7. The third-order valence-electron chi connectivity index (χ3n) is 7.49. The Morgan fingerprint density at radius 2 is 1.62 bits per heavy atom. The van der Waals surface area contributed by atoms with Crippen LogP contribution in [0, 0.1) is 6.92 Å². The molecule has 6 nitrogen and oxygen atoms in total. The molecule has 0 saturated heterocycles. The molecule has 0 aliphatic carbocycles. The number of carbonyl (C=O) groups excluding carboxylic acids is 2. The van der Waals surface area contributed by atoms with Crippen LogP contribution in [0.4, 0.5) is 5.69 Å². The van der Waals surface area contributed by atoms with Gasteiger partial charge in [-0.25, -0.2) is 0 Å². The Hall–Kier alpha value is -4.06. The summed E-state index contributed by atoms with van der Waals surface area (Å²) in [5, 5.41) is 1.18. The lowest BCUT2D eigenvalue weighted by molar-refractivity contribution is -0.133. The van der Waals surface area contributed by atoms with Gasteiger partial charge < -0.3 is 19.7 Å². The third kappa shape index (κ3) is 6.88. The molecule has 4 aromatic rings. The van der Waals surface area contributed by atoms with E-state index in [0.717, 1.165) is 35.2 Å². The van der Waals surface area contributed by atoms with Crippen LogP contribution in [0.1, 0.15) is 47.3 Å². The summed E-state index contributed by atoms with van der Waals surface area (Å²) in [5.41, 5.74) is 6.16. The van der Waals surface area contributed by atoms with E-state index in [2.05, 4.69) is 46.3 Å². The maximum Gasteiger partial charge on any atom is 0.254 e. The van der Waals surface area contributed by atoms with Crippen molar-refractivity contribution in [2.24, 2.45) is 0 Å². The van der Waals surface area contributed by atoms with Gasteiger partial charge in [0.15, 0.2) is 0 Å². The molecular formula is C33H40N4O2. The predicted octanol–water partition coefficient (Wildman–Crippen LogP) is 6.05. The monoisotopic (exact) mass is 524 g/mol. The fourth-order valence-corrected chi connectivity index (χ4v) is 4.76. The number of fused-ring (bicyclic) bond motifs is 1. The Morgan fingerprint density at radius 3 is 2.28 bits per heavy atom. The molecule has 0 radical (unpaired) electrons. The van der Waals surface area contributed by atoms with Crippen molar-refractivity contribution >= 4 is 28.4 Å². The summed E-state index contributed by atoms with van der Waals surface area (Å²) in [6.07, 6.45) is 3.53. The van der Waals surface area contributed by atoms with E-state index in [1.165, 1.54) is 10.9 Å². The molecule has 0 spiro atoms. The standard InChI is InChI=1S/C33H40N4O2/c1-6-25(3)37(33(39)27-15-11-24(2)12-16-27)23-32(38)36(22-26-13-17-29(18-14-26)35(4)5)20-19-28-21-34-31-10-8-7-9-30(28)31/h7-18,21,25,34H,6,19-20,22-23H2,1-5H3. The number of aryl methyl sites for hydroxylation is 1. The summed E-state index contributed by atoms with van der Waals surface area (Å²) in [7, 11) is 4.03. The molecule has 0 aliphatic rings. The van der Waals surface area contributed by atoms with Gasteiger partial charge >= 0.3 is 0 Å². The average Bonchev–Trinajstić information content (AvgIpc) is 3.36. The van der Waals surface area contributed by atoms with Gasteiger partial charge in [0, 0.05) is 61.6 Å². The number of H-pyrrole nitrogens is 1. The molecule has 1 atom stereocenters. The fourth-order valence-electron chi connectivity index (χ4n) is 4.76. The van der Waals surface area contributed by atoms with E-state index < -0.39 is 0 Å². The minimum absolute atomic E-state index is 0.0470. The quantitative estimate of drug-likeness (QED) is 0.260. The number of amides is 2. The minimum atomic E-state index is -0.107. The van der Waals surface area contributed by atoms with Crippen LogP contribution in [0.5, 0.6) is 0 Å².